The van der Waals surface area contributed by atoms with Gasteiger partial charge in [-0.3, -0.25) is 4.99 Å². The van der Waals surface area contributed by atoms with E-state index in [4.69, 9.17) is 14.3 Å². The zero-order valence-electron chi connectivity index (χ0n) is 38.9. The molecule has 0 atom stereocenters. The van der Waals surface area contributed by atoms with Crippen molar-refractivity contribution >= 4 is 40.1 Å². The third-order valence-electron chi connectivity index (χ3n) is 13.2. The van der Waals surface area contributed by atoms with Crippen molar-refractivity contribution in [3.05, 3.63) is 185 Å². The number of halogens is 10. The summed E-state index contributed by atoms with van der Waals surface area (Å²) in [6.07, 6.45) is -10.5. The van der Waals surface area contributed by atoms with E-state index in [1.807, 2.05) is 54.6 Å². The minimum Gasteiger partial charge on any atom is -0.385 e. The summed E-state index contributed by atoms with van der Waals surface area (Å²) in [7, 11) is -2.62. The highest BCUT2D eigenvalue weighted by molar-refractivity contribution is 6.43. The molecule has 0 N–H and O–H groups in total. The van der Waals surface area contributed by atoms with E-state index in [0.717, 1.165) is 81.7 Å². The number of nitrogens with zero attached hydrogens (tertiary/aromatic N) is 2. The van der Waals surface area contributed by atoms with Crippen molar-refractivity contribution in [2.45, 2.75) is 51.9 Å². The Hall–Kier alpha value is -7.23. The van der Waals surface area contributed by atoms with Crippen LogP contribution in [-0.2, 0) is 9.31 Å². The number of allylic oxidation sites excluding steroid dienone is 2. The van der Waals surface area contributed by atoms with Gasteiger partial charge in [-0.15, -0.1) is 0 Å². The first kappa shape index (κ1) is 48.4. The molecule has 0 fully saturated rings. The van der Waals surface area contributed by atoms with Gasteiger partial charge in [-0.25, -0.2) is 0 Å². The van der Waals surface area contributed by atoms with Crippen LogP contribution in [0.25, 0.3) is 82.8 Å². The molecule has 10 rings (SSSR count). The Morgan fingerprint density at radius 3 is 1.50 bits per heavy atom. The van der Waals surface area contributed by atoms with Crippen LogP contribution >= 0.6 is 0 Å². The molecule has 0 amide bonds. The van der Waals surface area contributed by atoms with E-state index < -0.39 is 44.7 Å². The van der Waals surface area contributed by atoms with Gasteiger partial charge in [-0.1, -0.05) is 140 Å². The van der Waals surface area contributed by atoms with Crippen LogP contribution in [0, 0.1) is 13.8 Å². The molecule has 1 aromatic heterocycles. The Morgan fingerprint density at radius 2 is 1.00 bits per heavy atom. The monoisotopic (exact) mass is 986 g/mol. The molecule has 72 heavy (non-hydrogen) atoms. The second kappa shape index (κ2) is 17.8. The fourth-order valence-corrected chi connectivity index (χ4v) is 10.1. The summed E-state index contributed by atoms with van der Waals surface area (Å²) in [6.45, 7) is 1.46. The first-order valence-corrected chi connectivity index (χ1v) is 22.8. The van der Waals surface area contributed by atoms with Crippen molar-refractivity contribution < 1.29 is 53.2 Å². The van der Waals surface area contributed by atoms with Crippen LogP contribution in [0.2, 0.25) is 0 Å². The summed E-state index contributed by atoms with van der Waals surface area (Å²) in [5.74, 6) is -11.1. The summed E-state index contributed by atoms with van der Waals surface area (Å²) in [4.78, 5) is 4.73. The van der Waals surface area contributed by atoms with E-state index in [-0.39, 0.29) is 17.0 Å². The van der Waals surface area contributed by atoms with Crippen molar-refractivity contribution in [1.29, 1.82) is 0 Å². The molecule has 8 aromatic rings. The molecule has 0 bridgehead atoms. The number of hydrogen-bond acceptors (Lipinski definition) is 3. The predicted molar refractivity (Wildman–Crippen MR) is 264 cm³/mol. The van der Waals surface area contributed by atoms with E-state index in [9.17, 15) is 43.9 Å². The van der Waals surface area contributed by atoms with Gasteiger partial charge >= 0.3 is 31.5 Å². The zero-order chi connectivity index (χ0) is 51.1. The lowest BCUT2D eigenvalue weighted by atomic mass is 9.82. The highest BCUT2D eigenvalue weighted by Gasteiger charge is 2.60. The number of aryl methyl sites for hydroxylation is 2. The number of aliphatic imine (C=N–C) groups is 1. The molecule has 2 aliphatic rings. The summed E-state index contributed by atoms with van der Waals surface area (Å²) in [5.41, 5.74) is 12.9. The van der Waals surface area contributed by atoms with Crippen molar-refractivity contribution in [3.63, 3.8) is 0 Å². The van der Waals surface area contributed by atoms with E-state index in [2.05, 4.69) is 72.8 Å². The first-order valence-electron chi connectivity index (χ1n) is 22.8. The molecular weight excluding hydrogens is 945 g/mol. The van der Waals surface area contributed by atoms with Crippen molar-refractivity contribution in [2.75, 3.05) is 13.2 Å². The molecule has 2 heterocycles. The minimum absolute atomic E-state index is 0.0102. The van der Waals surface area contributed by atoms with Crippen LogP contribution < -0.4 is 0 Å². The molecule has 4 nitrogen and oxygen atoms in total. The number of rotatable bonds is 12. The molecule has 1 aliphatic carbocycles. The summed E-state index contributed by atoms with van der Waals surface area (Å²) < 4.78 is 149. The molecular formula is C57H41BF10N2O2. The van der Waals surface area contributed by atoms with Gasteiger partial charge in [0.25, 0.3) is 0 Å². The van der Waals surface area contributed by atoms with E-state index >= 15 is 0 Å². The standard InChI is InChI=1S/C57H41BF10N2O2/c1-32-28-34(3)69-52(32)48(53-33(2)29-35(4)70(53)58(71-30-54(59,60)56(63,64)65)72-31-55(61,62)57(66,67)68)39-24-22-36(23-25-39)40-26-27-45-49-41(40)20-13-21-44(49)50-46(37-14-7-5-8-15-37)42-18-11-12-19-43(42)47(51(45)50)38-16-9-6-10-17-38/h5-29H,30-31H2,1-4H3/b52-48-. The Morgan fingerprint density at radius 1 is 0.514 bits per heavy atom. The molecule has 0 saturated heterocycles. The number of alkyl halides is 10. The van der Waals surface area contributed by atoms with Crippen LogP contribution in [0.4, 0.5) is 43.9 Å². The molecule has 0 radical (unpaired) electrons. The van der Waals surface area contributed by atoms with E-state index in [0.29, 0.717) is 28.1 Å². The number of benzene rings is 7. The maximum absolute atomic E-state index is 14.4. The van der Waals surface area contributed by atoms with Gasteiger partial charge in [0, 0.05) is 22.7 Å². The minimum atomic E-state index is -6.15. The molecule has 0 saturated carbocycles. The van der Waals surface area contributed by atoms with Gasteiger partial charge in [0.2, 0.25) is 0 Å². The smallest absolute Gasteiger partial charge is 0.385 e. The number of aromatic nitrogens is 1. The van der Waals surface area contributed by atoms with Gasteiger partial charge in [0.15, 0.2) is 0 Å². The molecule has 7 aromatic carbocycles. The first-order chi connectivity index (χ1) is 34.2. The highest BCUT2D eigenvalue weighted by Crippen LogP contribution is 2.58. The Kier molecular flexibility index (Phi) is 12.0. The lowest BCUT2D eigenvalue weighted by molar-refractivity contribution is -0.295. The molecule has 1 aliphatic heterocycles. The van der Waals surface area contributed by atoms with Crippen LogP contribution in [0.1, 0.15) is 36.4 Å². The summed E-state index contributed by atoms with van der Waals surface area (Å²) in [5, 5.41) is 4.24. The van der Waals surface area contributed by atoms with Gasteiger partial charge in [-0.2, -0.15) is 43.9 Å². The Balaban J connectivity index is 1.13. The van der Waals surface area contributed by atoms with Crippen LogP contribution in [0.5, 0.6) is 0 Å². The largest absolute Gasteiger partial charge is 0.598 e. The summed E-state index contributed by atoms with van der Waals surface area (Å²) in [6, 6.07) is 48.2. The van der Waals surface area contributed by atoms with Gasteiger partial charge < -0.3 is 13.8 Å². The summed E-state index contributed by atoms with van der Waals surface area (Å²) >= 11 is 0. The third kappa shape index (κ3) is 8.21. The van der Waals surface area contributed by atoms with Crippen LogP contribution in [0.15, 0.2) is 168 Å². The van der Waals surface area contributed by atoms with Crippen molar-refractivity contribution in [1.82, 2.24) is 4.48 Å². The highest BCUT2D eigenvalue weighted by atomic mass is 19.4. The second-order valence-corrected chi connectivity index (χ2v) is 18.1. The lowest BCUT2D eigenvalue weighted by Crippen LogP contribution is -2.48. The average molecular weight is 987 g/mol. The Labute approximate surface area is 407 Å². The van der Waals surface area contributed by atoms with Crippen LogP contribution in [0.3, 0.4) is 0 Å². The second-order valence-electron chi connectivity index (χ2n) is 18.1. The lowest BCUT2D eigenvalue weighted by Gasteiger charge is -2.27. The third-order valence-corrected chi connectivity index (χ3v) is 13.2. The van der Waals surface area contributed by atoms with Crippen LogP contribution in [-0.4, -0.2) is 54.9 Å². The van der Waals surface area contributed by atoms with Crippen molar-refractivity contribution in [3.8, 4) is 55.6 Å². The van der Waals surface area contributed by atoms with Crippen molar-refractivity contribution in [2.24, 2.45) is 4.99 Å². The quantitative estimate of drug-likeness (QED) is 0.0903. The predicted octanol–water partition coefficient (Wildman–Crippen LogP) is 16.5. The average Bonchev–Trinajstić information content (AvgIpc) is 3.96. The fraction of sp³-hybridized carbons (Fsp3) is 0.175. The molecule has 0 spiro atoms. The topological polar surface area (TPSA) is 35.8 Å². The SMILES string of the molecule is CC1=CC(C)=N/C1=C(/c1ccc(-c2ccc3c4c(cccc24)-c2c-3c(-c3ccccc3)c3ccccc3c2-c2ccccc2)cc1)c1c(C)cc(C)n1B(OCC(F)(F)C(F)(F)F)OCC(F)(F)C(F)(F)F. The van der Waals surface area contributed by atoms with E-state index in [1.165, 1.54) is 13.0 Å². The number of fused-ring (bicyclic) bond motifs is 4. The Bertz CT molecular complexity index is 3420. The zero-order valence-corrected chi connectivity index (χ0v) is 38.9. The molecule has 0 unspecified atom stereocenters. The maximum Gasteiger partial charge on any atom is 0.598 e. The molecule has 364 valence electrons. The normalized spacial score (nSPS) is 14.5. The number of hydrogen-bond donors (Lipinski definition) is 0. The van der Waals surface area contributed by atoms with E-state index in [1.54, 1.807) is 39.0 Å². The molecule has 15 heteroatoms. The maximum atomic E-state index is 14.4. The van der Waals surface area contributed by atoms with Gasteiger partial charge in [0.1, 0.15) is 13.2 Å². The van der Waals surface area contributed by atoms with Gasteiger partial charge in [-0.05, 0) is 134 Å². The van der Waals surface area contributed by atoms with Gasteiger partial charge in [0.05, 0.1) is 5.70 Å². The fourth-order valence-electron chi connectivity index (χ4n) is 10.1.